The van der Waals surface area contributed by atoms with E-state index in [0.29, 0.717) is 30.4 Å². The third kappa shape index (κ3) is 3.35. The minimum absolute atomic E-state index is 0.0180. The SMILES string of the molecule is O=c1c2nc(Br)n([C@@H]3OC4COP(=O)([O-])O[C@H]4C3O)c2nc2[nH]c(-c3ccc4c(c3)OCCO4)cn12. The number of imidazole rings is 2. The van der Waals surface area contributed by atoms with E-state index in [0.717, 1.165) is 5.56 Å². The van der Waals surface area contributed by atoms with Gasteiger partial charge >= 0.3 is 0 Å². The number of aliphatic hydroxyl groups is 1. The smallest absolute Gasteiger partial charge is 0.287 e. The van der Waals surface area contributed by atoms with Crippen molar-refractivity contribution >= 4 is 40.7 Å². The van der Waals surface area contributed by atoms with Crippen molar-refractivity contribution in [2.75, 3.05) is 19.8 Å². The van der Waals surface area contributed by atoms with Crippen LogP contribution in [0.1, 0.15) is 6.23 Å². The van der Waals surface area contributed by atoms with Crippen LogP contribution in [0.15, 0.2) is 33.9 Å². The molecule has 0 radical (unpaired) electrons. The number of hydrogen-bond donors (Lipinski definition) is 2. The van der Waals surface area contributed by atoms with Gasteiger partial charge in [0.05, 0.1) is 12.3 Å². The Hall–Kier alpha value is -2.78. The number of hydrogen-bond acceptors (Lipinski definition) is 11. The molecule has 2 fully saturated rings. The zero-order chi connectivity index (χ0) is 24.8. The van der Waals surface area contributed by atoms with Gasteiger partial charge in [-0.3, -0.25) is 13.9 Å². The lowest BCUT2D eigenvalue weighted by Crippen LogP contribution is -2.41. The summed E-state index contributed by atoms with van der Waals surface area (Å²) in [5.74, 6) is 1.46. The van der Waals surface area contributed by atoms with Crippen molar-refractivity contribution in [2.45, 2.75) is 24.5 Å². The van der Waals surface area contributed by atoms with Crippen LogP contribution in [0.3, 0.4) is 0 Å². The number of rotatable bonds is 2. The molecule has 2 saturated heterocycles. The second-order valence-electron chi connectivity index (χ2n) is 8.43. The van der Waals surface area contributed by atoms with Crippen LogP contribution in [0, 0.1) is 0 Å². The first-order valence-corrected chi connectivity index (χ1v) is 13.1. The summed E-state index contributed by atoms with van der Waals surface area (Å²) in [6.45, 7) is 0.617. The zero-order valence-electron chi connectivity index (χ0n) is 18.1. The Bertz CT molecular complexity index is 1650. The van der Waals surface area contributed by atoms with E-state index in [-0.39, 0.29) is 28.3 Å². The van der Waals surface area contributed by atoms with Crippen molar-refractivity contribution in [1.29, 1.82) is 0 Å². The van der Waals surface area contributed by atoms with Crippen LogP contribution < -0.4 is 19.9 Å². The van der Waals surface area contributed by atoms with Crippen LogP contribution in [0.25, 0.3) is 28.2 Å². The number of fused-ring (bicyclic) bond motifs is 4. The van der Waals surface area contributed by atoms with Gasteiger partial charge in [0.2, 0.25) is 5.78 Å². The maximum absolute atomic E-state index is 13.3. The van der Waals surface area contributed by atoms with Gasteiger partial charge in [-0.1, -0.05) is 0 Å². The van der Waals surface area contributed by atoms with Crippen molar-refractivity contribution < 1.29 is 37.8 Å². The van der Waals surface area contributed by atoms with Crippen molar-refractivity contribution in [2.24, 2.45) is 0 Å². The maximum Gasteiger partial charge on any atom is 0.287 e. The largest absolute Gasteiger partial charge is 0.756 e. The summed E-state index contributed by atoms with van der Waals surface area (Å²) in [6, 6.07) is 5.43. The number of nitrogens with zero attached hydrogens (tertiary/aromatic N) is 4. The summed E-state index contributed by atoms with van der Waals surface area (Å²) in [7, 11) is -4.55. The molecule has 16 heteroatoms. The number of phosphoric ester groups is 1. The molecule has 1 aromatic carbocycles. The van der Waals surface area contributed by atoms with Crippen LogP contribution in [0.5, 0.6) is 11.5 Å². The highest BCUT2D eigenvalue weighted by molar-refractivity contribution is 9.10. The van der Waals surface area contributed by atoms with Gasteiger partial charge in [-0.25, -0.2) is 9.38 Å². The molecule has 0 bridgehead atoms. The van der Waals surface area contributed by atoms with Gasteiger partial charge in [0, 0.05) is 11.8 Å². The summed E-state index contributed by atoms with van der Waals surface area (Å²) >= 11 is 3.30. The number of phosphoric acid groups is 1. The van der Waals surface area contributed by atoms with Gasteiger partial charge in [-0.05, 0) is 34.1 Å². The summed E-state index contributed by atoms with van der Waals surface area (Å²) in [5, 5.41) is 10.8. The normalized spacial score (nSPS) is 29.6. The molecule has 2 N–H and O–H groups in total. The highest BCUT2D eigenvalue weighted by atomic mass is 79.9. The third-order valence-corrected chi connectivity index (χ3v) is 7.80. The number of H-pyrrole nitrogens is 1. The number of aromatic nitrogens is 5. The molecule has 3 aliphatic heterocycles. The quantitative estimate of drug-likeness (QED) is 0.252. The fourth-order valence-corrected chi connectivity index (χ4v) is 6.12. The predicted molar refractivity (Wildman–Crippen MR) is 122 cm³/mol. The molecule has 0 saturated carbocycles. The molecule has 188 valence electrons. The molecule has 36 heavy (non-hydrogen) atoms. The van der Waals surface area contributed by atoms with Crippen LogP contribution in [-0.4, -0.2) is 67.2 Å². The van der Waals surface area contributed by atoms with Gasteiger partial charge in [0.15, 0.2) is 33.6 Å². The van der Waals surface area contributed by atoms with Crippen molar-refractivity contribution in [1.82, 2.24) is 23.9 Å². The Labute approximate surface area is 209 Å². The summed E-state index contributed by atoms with van der Waals surface area (Å²) < 4.78 is 41.2. The predicted octanol–water partition coefficient (Wildman–Crippen LogP) is 0.715. The first kappa shape index (κ1) is 22.4. The Morgan fingerprint density at radius 1 is 1.22 bits per heavy atom. The lowest BCUT2D eigenvalue weighted by atomic mass is 10.1. The van der Waals surface area contributed by atoms with E-state index in [1.165, 1.54) is 8.97 Å². The maximum atomic E-state index is 13.3. The molecule has 14 nitrogen and oxygen atoms in total. The first-order valence-electron chi connectivity index (χ1n) is 10.9. The molecule has 0 amide bonds. The third-order valence-electron chi connectivity index (χ3n) is 6.27. The average molecular weight is 581 g/mol. The van der Waals surface area contributed by atoms with E-state index in [1.54, 1.807) is 18.3 Å². The monoisotopic (exact) mass is 580 g/mol. The second-order valence-corrected chi connectivity index (χ2v) is 10.5. The Kier molecular flexibility index (Phi) is 4.89. The zero-order valence-corrected chi connectivity index (χ0v) is 20.5. The van der Waals surface area contributed by atoms with Crippen LogP contribution in [0.4, 0.5) is 0 Å². The highest BCUT2D eigenvalue weighted by Crippen LogP contribution is 2.50. The fourth-order valence-electron chi connectivity index (χ4n) is 4.63. The fraction of sp³-hybridized carbons (Fsp3) is 0.350. The topological polar surface area (TPSA) is 174 Å². The lowest BCUT2D eigenvalue weighted by molar-refractivity contribution is -0.245. The number of nitrogens with one attached hydrogen (secondary N) is 1. The van der Waals surface area contributed by atoms with Crippen molar-refractivity contribution in [3.8, 4) is 22.8 Å². The molecule has 5 atom stereocenters. The number of aliphatic hydroxyl groups excluding tert-OH is 1. The molecule has 3 unspecified atom stereocenters. The minimum atomic E-state index is -4.55. The van der Waals surface area contributed by atoms with E-state index >= 15 is 0 Å². The molecule has 6 heterocycles. The van der Waals surface area contributed by atoms with Crippen LogP contribution in [-0.2, 0) is 18.3 Å². The second kappa shape index (κ2) is 7.86. The number of aromatic amines is 1. The van der Waals surface area contributed by atoms with Gasteiger partial charge in [-0.15, -0.1) is 0 Å². The van der Waals surface area contributed by atoms with Gasteiger partial charge in [0.1, 0.15) is 31.5 Å². The first-order chi connectivity index (χ1) is 17.3. The van der Waals surface area contributed by atoms with E-state index in [9.17, 15) is 19.4 Å². The molecule has 4 aromatic rings. The Morgan fingerprint density at radius 3 is 2.86 bits per heavy atom. The molecule has 0 aliphatic carbocycles. The lowest BCUT2D eigenvalue weighted by Gasteiger charge is -2.34. The summed E-state index contributed by atoms with van der Waals surface area (Å²) in [5.41, 5.74) is 1.04. The van der Waals surface area contributed by atoms with E-state index in [2.05, 4.69) is 35.4 Å². The average Bonchev–Trinajstić information content (AvgIpc) is 3.52. The molecule has 3 aliphatic rings. The standard InChI is InChI=1S/C20H17BrN5O9P/c21-19-23-13-16(26(19)18-14(27)15-12(34-18)7-33-36(29,30)35-15)24-20-22-9(6-25(20)17(13)28)8-1-2-10-11(5-8)32-4-3-31-10/h1-2,5-6,12,14-15,18,27H,3-4,7H2,(H,22,24)(H,29,30)/p-1/t12?,14?,15-,18-/m1/s1. The molecule has 7 rings (SSSR count). The molecule has 0 spiro atoms. The van der Waals surface area contributed by atoms with Crippen LogP contribution in [0.2, 0.25) is 0 Å². The number of halogens is 1. The van der Waals surface area contributed by atoms with Crippen molar-refractivity contribution in [3.63, 3.8) is 0 Å². The molecular weight excluding hydrogens is 565 g/mol. The minimum Gasteiger partial charge on any atom is -0.756 e. The van der Waals surface area contributed by atoms with Gasteiger partial charge in [-0.2, -0.15) is 4.98 Å². The van der Waals surface area contributed by atoms with Gasteiger partial charge < -0.3 is 38.2 Å². The summed E-state index contributed by atoms with van der Waals surface area (Å²) in [4.78, 5) is 37.0. The van der Waals surface area contributed by atoms with Crippen LogP contribution >= 0.6 is 23.8 Å². The Morgan fingerprint density at radius 2 is 2.03 bits per heavy atom. The highest BCUT2D eigenvalue weighted by Gasteiger charge is 2.51. The number of benzene rings is 1. The molecular formula is C20H16BrN5O9P-. The van der Waals surface area contributed by atoms with Crippen molar-refractivity contribution in [3.05, 3.63) is 39.5 Å². The van der Waals surface area contributed by atoms with E-state index in [4.69, 9.17) is 18.7 Å². The van der Waals surface area contributed by atoms with E-state index in [1.807, 2.05) is 6.07 Å². The summed E-state index contributed by atoms with van der Waals surface area (Å²) in [6.07, 6.45) is -2.94. The Balaban J connectivity index is 1.32. The van der Waals surface area contributed by atoms with E-state index < -0.39 is 37.9 Å². The van der Waals surface area contributed by atoms with Gasteiger partial charge in [0.25, 0.3) is 13.4 Å². The molecule has 3 aromatic heterocycles. The number of ether oxygens (including phenoxy) is 3.